The number of fused-ring (bicyclic) bond motifs is 4. The lowest BCUT2D eigenvalue weighted by Crippen LogP contribution is -1.98. The minimum Gasteiger partial charge on any atom is -0.507 e. The van der Waals surface area contributed by atoms with Crippen LogP contribution in [0.2, 0.25) is 0 Å². The first-order valence-electron chi connectivity index (χ1n) is 18.1. The van der Waals surface area contributed by atoms with Crippen LogP contribution in [0.15, 0.2) is 137 Å². The molecule has 252 valence electrons. The zero-order valence-electron chi connectivity index (χ0n) is 29.1. The van der Waals surface area contributed by atoms with Gasteiger partial charge in [0.25, 0.3) is 0 Å². The highest BCUT2D eigenvalue weighted by Gasteiger charge is 2.21. The van der Waals surface area contributed by atoms with Gasteiger partial charge in [0.2, 0.25) is 0 Å². The Morgan fingerprint density at radius 1 is 0.706 bits per heavy atom. The highest BCUT2D eigenvalue weighted by atomic mass is 16.3. The molecule has 0 aliphatic rings. The number of nitrogens with zero attached hydrogens (tertiary/aromatic N) is 3. The first-order chi connectivity index (χ1) is 25.1. The molecule has 5 nitrogen and oxygen atoms in total. The SMILES string of the molecule is CCCCc1cc(/C=N/c2ccccc2-c2nc3c(-c4cccc5c4oc4ccccc45)cccc3n2-c2ccccc2)c(O)c(CCCC)c1. The third kappa shape index (κ3) is 6.10. The summed E-state index contributed by atoms with van der Waals surface area (Å²) in [4.78, 5) is 10.5. The van der Waals surface area contributed by atoms with E-state index in [4.69, 9.17) is 14.4 Å². The second kappa shape index (κ2) is 14.1. The smallest absolute Gasteiger partial charge is 0.147 e. The number of furan rings is 1. The van der Waals surface area contributed by atoms with Crippen LogP contribution in [0, 0.1) is 0 Å². The molecule has 6 aromatic carbocycles. The molecule has 2 aromatic heterocycles. The number of phenols is 1. The van der Waals surface area contributed by atoms with Gasteiger partial charge in [-0.15, -0.1) is 0 Å². The predicted octanol–water partition coefficient (Wildman–Crippen LogP) is 12.4. The van der Waals surface area contributed by atoms with Crippen LogP contribution in [0.3, 0.4) is 0 Å². The maximum atomic E-state index is 11.4. The number of aryl methyl sites for hydroxylation is 2. The summed E-state index contributed by atoms with van der Waals surface area (Å²) in [6.07, 6.45) is 8.00. The van der Waals surface area contributed by atoms with Gasteiger partial charge in [-0.25, -0.2) is 4.98 Å². The number of imidazole rings is 1. The number of hydrogen-bond donors (Lipinski definition) is 1. The van der Waals surface area contributed by atoms with Crippen molar-refractivity contribution in [3.8, 4) is 34.0 Å². The molecule has 51 heavy (non-hydrogen) atoms. The predicted molar refractivity (Wildman–Crippen MR) is 212 cm³/mol. The van der Waals surface area contributed by atoms with Gasteiger partial charge in [0.1, 0.15) is 22.7 Å². The molecule has 0 radical (unpaired) electrons. The Hall–Kier alpha value is -5.94. The summed E-state index contributed by atoms with van der Waals surface area (Å²) in [6.45, 7) is 4.39. The molecular formula is C46H41N3O2. The molecule has 0 fully saturated rings. The Balaban J connectivity index is 1.30. The van der Waals surface area contributed by atoms with Crippen LogP contribution in [-0.2, 0) is 12.8 Å². The second-order valence-corrected chi connectivity index (χ2v) is 13.2. The number of aromatic hydroxyl groups is 1. The summed E-state index contributed by atoms with van der Waals surface area (Å²) in [5.41, 5.74) is 11.3. The van der Waals surface area contributed by atoms with Gasteiger partial charge in [-0.3, -0.25) is 9.56 Å². The van der Waals surface area contributed by atoms with Crippen molar-refractivity contribution in [2.45, 2.75) is 52.4 Å². The molecule has 0 aliphatic heterocycles. The average molecular weight is 668 g/mol. The van der Waals surface area contributed by atoms with E-state index in [0.717, 1.165) is 117 Å². The highest BCUT2D eigenvalue weighted by molar-refractivity contribution is 6.12. The molecule has 0 bridgehead atoms. The molecule has 1 N–H and O–H groups in total. The Morgan fingerprint density at radius 2 is 1.41 bits per heavy atom. The normalized spacial score (nSPS) is 11.8. The number of hydrogen-bond acceptors (Lipinski definition) is 4. The Kier molecular flexibility index (Phi) is 8.94. The average Bonchev–Trinajstić information content (AvgIpc) is 3.76. The lowest BCUT2D eigenvalue weighted by molar-refractivity contribution is 0.465. The number of para-hydroxylation sites is 5. The number of phenolic OH excluding ortho intramolecular Hbond substituents is 1. The van der Waals surface area contributed by atoms with Crippen molar-refractivity contribution in [1.29, 1.82) is 0 Å². The fourth-order valence-electron chi connectivity index (χ4n) is 7.18. The summed E-state index contributed by atoms with van der Waals surface area (Å²) in [7, 11) is 0. The quantitative estimate of drug-likeness (QED) is 0.140. The molecule has 0 saturated carbocycles. The molecule has 0 atom stereocenters. The van der Waals surface area contributed by atoms with Gasteiger partial charge in [-0.2, -0.15) is 0 Å². The van der Waals surface area contributed by atoms with E-state index in [1.54, 1.807) is 0 Å². The largest absolute Gasteiger partial charge is 0.507 e. The van der Waals surface area contributed by atoms with E-state index < -0.39 is 0 Å². The Labute approximate surface area is 298 Å². The maximum absolute atomic E-state index is 11.4. The van der Waals surface area contributed by atoms with Crippen molar-refractivity contribution in [3.63, 3.8) is 0 Å². The van der Waals surface area contributed by atoms with Crippen LogP contribution in [-0.4, -0.2) is 20.9 Å². The minimum absolute atomic E-state index is 0.325. The fraction of sp³-hybridized carbons (Fsp3) is 0.174. The second-order valence-electron chi connectivity index (χ2n) is 13.2. The summed E-state index contributed by atoms with van der Waals surface area (Å²) in [5, 5.41) is 13.5. The van der Waals surface area contributed by atoms with Crippen LogP contribution in [0.25, 0.3) is 61.2 Å². The first-order valence-corrected chi connectivity index (χ1v) is 18.1. The molecule has 8 rings (SSSR count). The van der Waals surface area contributed by atoms with Gasteiger partial charge in [0.05, 0.1) is 16.7 Å². The van der Waals surface area contributed by atoms with Crippen molar-refractivity contribution in [2.24, 2.45) is 4.99 Å². The number of unbranched alkanes of at least 4 members (excludes halogenated alkanes) is 2. The number of rotatable bonds is 11. The van der Waals surface area contributed by atoms with Gasteiger partial charge in [-0.1, -0.05) is 112 Å². The van der Waals surface area contributed by atoms with Crippen LogP contribution < -0.4 is 0 Å². The summed E-state index contributed by atoms with van der Waals surface area (Å²) in [5.74, 6) is 1.11. The third-order valence-electron chi connectivity index (χ3n) is 9.78. The lowest BCUT2D eigenvalue weighted by Gasteiger charge is -2.12. The summed E-state index contributed by atoms with van der Waals surface area (Å²) >= 11 is 0. The maximum Gasteiger partial charge on any atom is 0.147 e. The van der Waals surface area contributed by atoms with Gasteiger partial charge in [-0.05, 0) is 79.3 Å². The standard InChI is InChI=1S/C46H41N3O2/c1-3-5-16-31-28-32(17-6-4-2)44(50)33(29-31)30-47-40-25-12-10-21-39(40)46-48-43-36(22-15-26-41(43)49(46)34-18-8-7-9-19-34)38-24-14-23-37-35-20-11-13-27-42(35)51-45(37)38/h7-15,18-30,50H,3-6,16-17H2,1-2H3/b47-30+. The molecule has 0 spiro atoms. The van der Waals surface area contributed by atoms with E-state index >= 15 is 0 Å². The summed E-state index contributed by atoms with van der Waals surface area (Å²) in [6, 6.07) is 43.7. The molecule has 0 aliphatic carbocycles. The van der Waals surface area contributed by atoms with Crippen molar-refractivity contribution < 1.29 is 9.52 Å². The zero-order chi connectivity index (χ0) is 34.7. The fourth-order valence-corrected chi connectivity index (χ4v) is 7.18. The van der Waals surface area contributed by atoms with Gasteiger partial charge < -0.3 is 9.52 Å². The zero-order valence-corrected chi connectivity index (χ0v) is 29.1. The van der Waals surface area contributed by atoms with Crippen molar-refractivity contribution in [1.82, 2.24) is 9.55 Å². The molecule has 5 heteroatoms. The molecule has 0 amide bonds. The van der Waals surface area contributed by atoms with Crippen LogP contribution in [0.5, 0.6) is 5.75 Å². The van der Waals surface area contributed by atoms with E-state index in [1.165, 1.54) is 5.56 Å². The Bertz CT molecular complexity index is 2520. The Morgan fingerprint density at radius 3 is 2.27 bits per heavy atom. The van der Waals surface area contributed by atoms with Crippen LogP contribution >= 0.6 is 0 Å². The van der Waals surface area contributed by atoms with E-state index in [2.05, 4.69) is 103 Å². The van der Waals surface area contributed by atoms with Gasteiger partial charge in [0, 0.05) is 44.9 Å². The summed E-state index contributed by atoms with van der Waals surface area (Å²) < 4.78 is 8.70. The van der Waals surface area contributed by atoms with Crippen molar-refractivity contribution >= 4 is 44.9 Å². The number of aromatic nitrogens is 2. The number of benzene rings is 6. The van der Waals surface area contributed by atoms with Crippen molar-refractivity contribution in [3.05, 3.63) is 144 Å². The van der Waals surface area contributed by atoms with E-state index in [-0.39, 0.29) is 0 Å². The van der Waals surface area contributed by atoms with Gasteiger partial charge in [0.15, 0.2) is 0 Å². The highest BCUT2D eigenvalue weighted by Crippen LogP contribution is 2.41. The topological polar surface area (TPSA) is 63.5 Å². The molecule has 0 unspecified atom stereocenters. The lowest BCUT2D eigenvalue weighted by atomic mass is 9.97. The van der Waals surface area contributed by atoms with E-state index in [1.807, 2.05) is 48.7 Å². The number of aliphatic imine (C=N–C) groups is 1. The van der Waals surface area contributed by atoms with E-state index in [9.17, 15) is 5.11 Å². The van der Waals surface area contributed by atoms with E-state index in [0.29, 0.717) is 5.75 Å². The van der Waals surface area contributed by atoms with Crippen molar-refractivity contribution in [2.75, 3.05) is 0 Å². The first kappa shape index (κ1) is 32.3. The van der Waals surface area contributed by atoms with Crippen LogP contribution in [0.1, 0.15) is 56.2 Å². The van der Waals surface area contributed by atoms with Crippen LogP contribution in [0.4, 0.5) is 5.69 Å². The molecule has 2 heterocycles. The monoisotopic (exact) mass is 667 g/mol. The third-order valence-corrected chi connectivity index (χ3v) is 9.78. The minimum atomic E-state index is 0.325. The molecule has 0 saturated heterocycles. The van der Waals surface area contributed by atoms with Gasteiger partial charge >= 0.3 is 0 Å². The molecular weight excluding hydrogens is 627 g/mol. The molecule has 8 aromatic rings.